The fraction of sp³-hybridized carbons (Fsp3) is 0.231. The third kappa shape index (κ3) is 3.12. The molecular formula is C13H13F3N2O2. The Bertz CT molecular complexity index is 581. The first kappa shape index (κ1) is 14.4. The monoisotopic (exact) mass is 286 g/mol. The van der Waals surface area contributed by atoms with Gasteiger partial charge in [-0.25, -0.2) is 5.43 Å². The molecule has 1 unspecified atom stereocenters. The SMILES string of the molecule is Cc1occc1C(NN)c1ccccc1OC(F)(F)F. The highest BCUT2D eigenvalue weighted by atomic mass is 19.4. The highest BCUT2D eigenvalue weighted by molar-refractivity contribution is 5.42. The normalized spacial score (nSPS) is 13.2. The molecule has 3 N–H and O–H groups in total. The van der Waals surface area contributed by atoms with Gasteiger partial charge >= 0.3 is 6.36 Å². The summed E-state index contributed by atoms with van der Waals surface area (Å²) < 4.78 is 46.4. The number of nitrogens with two attached hydrogens (primary N) is 1. The molecule has 0 aliphatic carbocycles. The second-order valence-corrected chi connectivity index (χ2v) is 4.12. The summed E-state index contributed by atoms with van der Waals surface area (Å²) in [6, 6.07) is 6.80. The van der Waals surface area contributed by atoms with E-state index < -0.39 is 12.4 Å². The van der Waals surface area contributed by atoms with Crippen LogP contribution in [0.5, 0.6) is 5.75 Å². The second-order valence-electron chi connectivity index (χ2n) is 4.12. The van der Waals surface area contributed by atoms with Crippen LogP contribution >= 0.6 is 0 Å². The number of aryl methyl sites for hydroxylation is 1. The molecule has 0 radical (unpaired) electrons. The van der Waals surface area contributed by atoms with Gasteiger partial charge in [0, 0.05) is 11.1 Å². The van der Waals surface area contributed by atoms with Crippen LogP contribution in [-0.4, -0.2) is 6.36 Å². The molecule has 2 rings (SSSR count). The summed E-state index contributed by atoms with van der Waals surface area (Å²) in [6.07, 6.45) is -3.32. The summed E-state index contributed by atoms with van der Waals surface area (Å²) in [7, 11) is 0. The topological polar surface area (TPSA) is 60.4 Å². The van der Waals surface area contributed by atoms with Gasteiger partial charge in [0.15, 0.2) is 0 Å². The van der Waals surface area contributed by atoms with E-state index in [0.717, 1.165) is 0 Å². The van der Waals surface area contributed by atoms with Gasteiger partial charge in [-0.2, -0.15) is 0 Å². The lowest BCUT2D eigenvalue weighted by molar-refractivity contribution is -0.275. The van der Waals surface area contributed by atoms with Crippen LogP contribution in [0, 0.1) is 6.92 Å². The van der Waals surface area contributed by atoms with E-state index in [1.807, 2.05) is 0 Å². The zero-order valence-electron chi connectivity index (χ0n) is 10.6. The number of hydrogen-bond donors (Lipinski definition) is 2. The fourth-order valence-corrected chi connectivity index (χ4v) is 1.98. The summed E-state index contributed by atoms with van der Waals surface area (Å²) in [4.78, 5) is 0. The molecule has 0 aliphatic rings. The molecule has 1 atom stereocenters. The van der Waals surface area contributed by atoms with Gasteiger partial charge in [-0.05, 0) is 19.1 Å². The van der Waals surface area contributed by atoms with Crippen LogP contribution in [0.4, 0.5) is 13.2 Å². The smallest absolute Gasteiger partial charge is 0.469 e. The predicted octanol–water partition coefficient (Wildman–Crippen LogP) is 3.04. The van der Waals surface area contributed by atoms with Gasteiger partial charge in [-0.15, -0.1) is 13.2 Å². The van der Waals surface area contributed by atoms with E-state index in [1.165, 1.54) is 24.5 Å². The number of hydrazine groups is 1. The summed E-state index contributed by atoms with van der Waals surface area (Å²) in [5.74, 6) is 5.73. The summed E-state index contributed by atoms with van der Waals surface area (Å²) in [5.41, 5.74) is 3.40. The van der Waals surface area contributed by atoms with Crippen LogP contribution in [0.15, 0.2) is 41.0 Å². The van der Waals surface area contributed by atoms with E-state index >= 15 is 0 Å². The van der Waals surface area contributed by atoms with Gasteiger partial charge in [-0.1, -0.05) is 18.2 Å². The lowest BCUT2D eigenvalue weighted by atomic mass is 9.99. The van der Waals surface area contributed by atoms with Crippen molar-refractivity contribution in [2.75, 3.05) is 0 Å². The number of furan rings is 1. The van der Waals surface area contributed by atoms with Gasteiger partial charge in [0.25, 0.3) is 0 Å². The first-order valence-electron chi connectivity index (χ1n) is 5.77. The summed E-state index contributed by atoms with van der Waals surface area (Å²) >= 11 is 0. The van der Waals surface area contributed by atoms with E-state index in [9.17, 15) is 13.2 Å². The maximum Gasteiger partial charge on any atom is 0.573 e. The van der Waals surface area contributed by atoms with Crippen LogP contribution in [0.25, 0.3) is 0 Å². The average molecular weight is 286 g/mol. The number of nitrogens with one attached hydrogen (secondary N) is 1. The molecule has 0 aliphatic heterocycles. The highest BCUT2D eigenvalue weighted by Crippen LogP contribution is 2.34. The number of ether oxygens (including phenoxy) is 1. The third-order valence-electron chi connectivity index (χ3n) is 2.83. The molecule has 1 aromatic carbocycles. The number of benzene rings is 1. The number of para-hydroxylation sites is 1. The zero-order chi connectivity index (χ0) is 14.8. The van der Waals surface area contributed by atoms with Crippen molar-refractivity contribution >= 4 is 0 Å². The van der Waals surface area contributed by atoms with Crippen molar-refractivity contribution in [2.45, 2.75) is 19.3 Å². The molecule has 20 heavy (non-hydrogen) atoms. The van der Waals surface area contributed by atoms with E-state index in [1.54, 1.807) is 19.1 Å². The van der Waals surface area contributed by atoms with Crippen molar-refractivity contribution in [1.29, 1.82) is 0 Å². The molecule has 0 saturated heterocycles. The number of halogens is 3. The quantitative estimate of drug-likeness (QED) is 0.670. The zero-order valence-corrected chi connectivity index (χ0v) is 10.6. The summed E-state index contributed by atoms with van der Waals surface area (Å²) in [6.45, 7) is 1.70. The lowest BCUT2D eigenvalue weighted by Crippen LogP contribution is -2.30. The van der Waals surface area contributed by atoms with E-state index in [0.29, 0.717) is 11.3 Å². The molecule has 0 amide bonds. The number of alkyl halides is 3. The Morgan fingerprint density at radius 2 is 1.90 bits per heavy atom. The minimum Gasteiger partial charge on any atom is -0.469 e. The predicted molar refractivity (Wildman–Crippen MR) is 65.7 cm³/mol. The van der Waals surface area contributed by atoms with Crippen molar-refractivity contribution in [2.24, 2.45) is 5.84 Å². The van der Waals surface area contributed by atoms with E-state index in [4.69, 9.17) is 10.3 Å². The Kier molecular flexibility index (Phi) is 4.01. The lowest BCUT2D eigenvalue weighted by Gasteiger charge is -2.20. The van der Waals surface area contributed by atoms with Crippen molar-refractivity contribution in [3.05, 3.63) is 53.5 Å². The Morgan fingerprint density at radius 3 is 2.45 bits per heavy atom. The standard InChI is InChI=1S/C13H13F3N2O2/c1-8-9(6-7-19-8)12(18-17)10-4-2-3-5-11(10)20-13(14,15)16/h2-7,12,18H,17H2,1H3. The van der Waals surface area contributed by atoms with Crippen molar-refractivity contribution in [3.63, 3.8) is 0 Å². The maximum absolute atomic E-state index is 12.4. The molecular weight excluding hydrogens is 273 g/mol. The molecule has 4 nitrogen and oxygen atoms in total. The maximum atomic E-state index is 12.4. The van der Waals surface area contributed by atoms with Gasteiger partial charge in [0.1, 0.15) is 11.5 Å². The molecule has 1 heterocycles. The van der Waals surface area contributed by atoms with Crippen molar-refractivity contribution < 1.29 is 22.3 Å². The molecule has 0 fully saturated rings. The van der Waals surface area contributed by atoms with Gasteiger partial charge in [0.05, 0.1) is 12.3 Å². The molecule has 108 valence electrons. The Balaban J connectivity index is 2.43. The van der Waals surface area contributed by atoms with Crippen LogP contribution in [-0.2, 0) is 0 Å². The minimum atomic E-state index is -4.76. The fourth-order valence-electron chi connectivity index (χ4n) is 1.98. The van der Waals surface area contributed by atoms with Crippen molar-refractivity contribution in [1.82, 2.24) is 5.43 Å². The number of hydrogen-bond acceptors (Lipinski definition) is 4. The molecule has 2 aromatic rings. The second kappa shape index (κ2) is 5.56. The molecule has 0 bridgehead atoms. The van der Waals surface area contributed by atoms with E-state index in [-0.39, 0.29) is 11.3 Å². The van der Waals surface area contributed by atoms with Crippen LogP contribution in [0.1, 0.15) is 22.9 Å². The molecule has 0 saturated carbocycles. The van der Waals surface area contributed by atoms with Crippen molar-refractivity contribution in [3.8, 4) is 5.75 Å². The van der Waals surface area contributed by atoms with Gasteiger partial charge < -0.3 is 9.15 Å². The summed E-state index contributed by atoms with van der Waals surface area (Å²) in [5, 5.41) is 0. The highest BCUT2D eigenvalue weighted by Gasteiger charge is 2.33. The first-order valence-corrected chi connectivity index (χ1v) is 5.77. The van der Waals surface area contributed by atoms with Crippen LogP contribution in [0.3, 0.4) is 0 Å². The van der Waals surface area contributed by atoms with E-state index in [2.05, 4.69) is 10.2 Å². The minimum absolute atomic E-state index is 0.275. The Labute approximate surface area is 113 Å². The number of rotatable bonds is 4. The first-order chi connectivity index (χ1) is 9.42. The van der Waals surface area contributed by atoms with Crippen LogP contribution in [0.2, 0.25) is 0 Å². The molecule has 7 heteroatoms. The van der Waals surface area contributed by atoms with Crippen LogP contribution < -0.4 is 16.0 Å². The molecule has 0 spiro atoms. The Hall–Kier alpha value is -1.99. The largest absolute Gasteiger partial charge is 0.573 e. The van der Waals surface area contributed by atoms with Gasteiger partial charge in [-0.3, -0.25) is 5.84 Å². The van der Waals surface area contributed by atoms with Gasteiger partial charge in [0.2, 0.25) is 0 Å². The molecule has 1 aromatic heterocycles. The average Bonchev–Trinajstić information content (AvgIpc) is 2.77. The third-order valence-corrected chi connectivity index (χ3v) is 2.83. The Morgan fingerprint density at radius 1 is 1.20 bits per heavy atom.